The van der Waals surface area contributed by atoms with Crippen molar-refractivity contribution in [3.05, 3.63) is 48.0 Å². The summed E-state index contributed by atoms with van der Waals surface area (Å²) in [5, 5.41) is 7.87. The maximum Gasteiger partial charge on any atom is 0.340 e. The molecular formula is C21H25N3O6. The highest BCUT2D eigenvalue weighted by molar-refractivity contribution is 6.02. The molecule has 2 aromatic rings. The van der Waals surface area contributed by atoms with E-state index in [0.29, 0.717) is 17.2 Å². The van der Waals surface area contributed by atoms with Gasteiger partial charge in [-0.15, -0.1) is 0 Å². The molecule has 30 heavy (non-hydrogen) atoms. The summed E-state index contributed by atoms with van der Waals surface area (Å²) in [6.45, 7) is 3.12. The lowest BCUT2D eigenvalue weighted by atomic mass is 10.2. The molecule has 0 saturated carbocycles. The number of esters is 1. The summed E-state index contributed by atoms with van der Waals surface area (Å²) in [5.74, 6) is -0.280. The normalized spacial score (nSPS) is 10.2. The third-order valence-corrected chi connectivity index (χ3v) is 3.78. The van der Waals surface area contributed by atoms with E-state index in [9.17, 15) is 14.4 Å². The predicted molar refractivity (Wildman–Crippen MR) is 112 cm³/mol. The number of methoxy groups -OCH3 is 2. The van der Waals surface area contributed by atoms with Crippen LogP contribution in [-0.2, 0) is 9.53 Å². The number of carbonyl (C=O) groups is 3. The Hall–Kier alpha value is -3.75. The van der Waals surface area contributed by atoms with Gasteiger partial charge in [-0.05, 0) is 26.0 Å². The van der Waals surface area contributed by atoms with Gasteiger partial charge in [0, 0.05) is 29.9 Å². The number of benzene rings is 2. The molecule has 0 heterocycles. The van der Waals surface area contributed by atoms with Crippen molar-refractivity contribution in [1.82, 2.24) is 5.32 Å². The van der Waals surface area contributed by atoms with Crippen molar-refractivity contribution in [2.24, 2.45) is 0 Å². The Kier molecular flexibility index (Phi) is 8.04. The number of amides is 3. The topological polar surface area (TPSA) is 115 Å². The minimum atomic E-state index is -0.742. The van der Waals surface area contributed by atoms with Crippen molar-refractivity contribution in [3.63, 3.8) is 0 Å². The second-order valence-electron chi connectivity index (χ2n) is 6.52. The Morgan fingerprint density at radius 2 is 1.57 bits per heavy atom. The summed E-state index contributed by atoms with van der Waals surface area (Å²) in [5.41, 5.74) is 0.838. The summed E-state index contributed by atoms with van der Waals surface area (Å²) in [4.78, 5) is 36.5. The minimum absolute atomic E-state index is 0.0666. The fraction of sp³-hybridized carbons (Fsp3) is 0.286. The molecule has 3 amide bonds. The second kappa shape index (κ2) is 10.7. The number of para-hydroxylation sites is 1. The molecule has 2 rings (SSSR count). The van der Waals surface area contributed by atoms with Gasteiger partial charge in [0.15, 0.2) is 6.61 Å². The third-order valence-electron chi connectivity index (χ3n) is 3.78. The molecule has 0 aromatic heterocycles. The fourth-order valence-corrected chi connectivity index (χ4v) is 2.48. The standard InChI is InChI=1S/C21H25N3O6/c1-13(2)22-21(27)24-18-8-6-5-7-17(18)20(26)30-12-19(25)23-14-9-15(28-3)11-16(10-14)29-4/h5-11,13H,12H2,1-4H3,(H,23,25)(H2,22,24,27). The summed E-state index contributed by atoms with van der Waals surface area (Å²) >= 11 is 0. The lowest BCUT2D eigenvalue weighted by molar-refractivity contribution is -0.119. The molecule has 160 valence electrons. The van der Waals surface area contributed by atoms with Crippen LogP contribution in [0.2, 0.25) is 0 Å². The van der Waals surface area contributed by atoms with Gasteiger partial charge in [0.2, 0.25) is 0 Å². The molecule has 9 heteroatoms. The zero-order valence-corrected chi connectivity index (χ0v) is 17.3. The molecule has 0 radical (unpaired) electrons. The van der Waals surface area contributed by atoms with E-state index in [1.807, 2.05) is 13.8 Å². The van der Waals surface area contributed by atoms with E-state index in [0.717, 1.165) is 0 Å². The zero-order valence-electron chi connectivity index (χ0n) is 17.3. The maximum absolute atomic E-state index is 12.4. The summed E-state index contributed by atoms with van der Waals surface area (Å²) in [6, 6.07) is 10.7. The van der Waals surface area contributed by atoms with Gasteiger partial charge in [-0.2, -0.15) is 0 Å². The number of ether oxygens (including phenoxy) is 3. The number of anilines is 2. The number of rotatable bonds is 8. The van der Waals surface area contributed by atoms with E-state index in [4.69, 9.17) is 14.2 Å². The number of hydrogen-bond acceptors (Lipinski definition) is 6. The predicted octanol–water partition coefficient (Wildman–Crippen LogP) is 3.03. The average Bonchev–Trinajstić information content (AvgIpc) is 2.71. The highest BCUT2D eigenvalue weighted by Gasteiger charge is 2.16. The van der Waals surface area contributed by atoms with Gasteiger partial charge >= 0.3 is 12.0 Å². The van der Waals surface area contributed by atoms with Gasteiger partial charge in [0.25, 0.3) is 5.91 Å². The Bertz CT molecular complexity index is 891. The van der Waals surface area contributed by atoms with Crippen LogP contribution in [0.5, 0.6) is 11.5 Å². The Morgan fingerprint density at radius 3 is 2.17 bits per heavy atom. The molecule has 3 N–H and O–H groups in total. The molecule has 0 saturated heterocycles. The number of urea groups is 1. The van der Waals surface area contributed by atoms with Gasteiger partial charge in [-0.1, -0.05) is 12.1 Å². The number of nitrogens with one attached hydrogen (secondary N) is 3. The van der Waals surface area contributed by atoms with Crippen LogP contribution < -0.4 is 25.4 Å². The Balaban J connectivity index is 1.99. The van der Waals surface area contributed by atoms with E-state index in [-0.39, 0.29) is 17.3 Å². The number of carbonyl (C=O) groups excluding carboxylic acids is 3. The van der Waals surface area contributed by atoms with Gasteiger partial charge < -0.3 is 30.2 Å². The molecule has 0 aliphatic rings. The van der Waals surface area contributed by atoms with Gasteiger partial charge in [0.05, 0.1) is 25.5 Å². The van der Waals surface area contributed by atoms with Crippen molar-refractivity contribution in [2.45, 2.75) is 19.9 Å². The quantitative estimate of drug-likeness (QED) is 0.571. The monoisotopic (exact) mass is 415 g/mol. The molecule has 0 atom stereocenters. The molecular weight excluding hydrogens is 390 g/mol. The fourth-order valence-electron chi connectivity index (χ4n) is 2.48. The highest BCUT2D eigenvalue weighted by Crippen LogP contribution is 2.25. The van der Waals surface area contributed by atoms with Gasteiger partial charge in [-0.3, -0.25) is 4.79 Å². The van der Waals surface area contributed by atoms with Crippen LogP contribution in [0.4, 0.5) is 16.2 Å². The molecule has 0 aliphatic carbocycles. The molecule has 0 aliphatic heterocycles. The van der Waals surface area contributed by atoms with Crippen LogP contribution in [0.25, 0.3) is 0 Å². The first-order valence-corrected chi connectivity index (χ1v) is 9.19. The Labute approximate surface area is 174 Å². The van der Waals surface area contributed by atoms with Crippen molar-refractivity contribution in [2.75, 3.05) is 31.5 Å². The van der Waals surface area contributed by atoms with Crippen LogP contribution >= 0.6 is 0 Å². The second-order valence-corrected chi connectivity index (χ2v) is 6.52. The van der Waals surface area contributed by atoms with E-state index in [1.165, 1.54) is 20.3 Å². The van der Waals surface area contributed by atoms with E-state index in [1.54, 1.807) is 36.4 Å². The summed E-state index contributed by atoms with van der Waals surface area (Å²) < 4.78 is 15.4. The highest BCUT2D eigenvalue weighted by atomic mass is 16.5. The van der Waals surface area contributed by atoms with Crippen molar-refractivity contribution >= 4 is 29.3 Å². The molecule has 0 bridgehead atoms. The maximum atomic E-state index is 12.4. The Morgan fingerprint density at radius 1 is 0.933 bits per heavy atom. The molecule has 0 fully saturated rings. The van der Waals surface area contributed by atoms with Gasteiger partial charge in [-0.25, -0.2) is 9.59 Å². The van der Waals surface area contributed by atoms with Crippen LogP contribution in [0.1, 0.15) is 24.2 Å². The van der Waals surface area contributed by atoms with Crippen LogP contribution in [-0.4, -0.2) is 44.8 Å². The van der Waals surface area contributed by atoms with E-state index >= 15 is 0 Å². The molecule has 0 unspecified atom stereocenters. The summed E-state index contributed by atoms with van der Waals surface area (Å²) in [7, 11) is 2.99. The first-order valence-electron chi connectivity index (χ1n) is 9.19. The lowest BCUT2D eigenvalue weighted by Crippen LogP contribution is -2.34. The first-order chi connectivity index (χ1) is 14.3. The minimum Gasteiger partial charge on any atom is -0.497 e. The van der Waals surface area contributed by atoms with Crippen molar-refractivity contribution in [1.29, 1.82) is 0 Å². The SMILES string of the molecule is COc1cc(NC(=O)COC(=O)c2ccccc2NC(=O)NC(C)C)cc(OC)c1. The van der Waals surface area contributed by atoms with Crippen molar-refractivity contribution < 1.29 is 28.6 Å². The lowest BCUT2D eigenvalue weighted by Gasteiger charge is -2.13. The third kappa shape index (κ3) is 6.69. The molecule has 0 spiro atoms. The van der Waals surface area contributed by atoms with Crippen molar-refractivity contribution in [3.8, 4) is 11.5 Å². The molecule has 2 aromatic carbocycles. The average molecular weight is 415 g/mol. The van der Waals surface area contributed by atoms with E-state index < -0.39 is 24.5 Å². The van der Waals surface area contributed by atoms with E-state index in [2.05, 4.69) is 16.0 Å². The smallest absolute Gasteiger partial charge is 0.340 e. The molecule has 9 nitrogen and oxygen atoms in total. The summed E-state index contributed by atoms with van der Waals surface area (Å²) in [6.07, 6.45) is 0. The largest absolute Gasteiger partial charge is 0.497 e. The van der Waals surface area contributed by atoms with Crippen LogP contribution in [0.15, 0.2) is 42.5 Å². The van der Waals surface area contributed by atoms with Crippen LogP contribution in [0, 0.1) is 0 Å². The zero-order chi connectivity index (χ0) is 22.1. The number of hydrogen-bond donors (Lipinski definition) is 3. The van der Waals surface area contributed by atoms with Gasteiger partial charge in [0.1, 0.15) is 11.5 Å². The van der Waals surface area contributed by atoms with Crippen LogP contribution in [0.3, 0.4) is 0 Å². The first kappa shape index (κ1) is 22.5.